The molecule has 0 bridgehead atoms. The topological polar surface area (TPSA) is 72.8 Å². The molecule has 0 fully saturated rings. The van der Waals surface area contributed by atoms with E-state index in [9.17, 15) is 9.90 Å². The highest BCUT2D eigenvalue weighted by Gasteiger charge is 1.76. The molecule has 0 rings (SSSR count). The van der Waals surface area contributed by atoms with Gasteiger partial charge in [0.1, 0.15) is 0 Å². The number of hydrogen-bond acceptors (Lipinski definition) is 2. The third-order valence-electron chi connectivity index (χ3n) is 0.348. The van der Waals surface area contributed by atoms with Crippen LogP contribution in [0.3, 0.4) is 0 Å². The Morgan fingerprint density at radius 2 is 1.18 bits per heavy atom. The first-order chi connectivity index (χ1) is 7.52. The van der Waals surface area contributed by atoms with Gasteiger partial charge in [0.05, 0.1) is 48.3 Å². The molecule has 5 nitrogen and oxygen atoms in total. The molecule has 0 radical (unpaired) electrons. The second-order valence-electron chi connectivity index (χ2n) is 4.42. The Hall–Kier alpha value is -0.910. The second kappa shape index (κ2) is 20.5. The zero-order valence-electron chi connectivity index (χ0n) is 12.7. The third-order valence-corrected chi connectivity index (χ3v) is 0.348. The van der Waals surface area contributed by atoms with Crippen LogP contribution in [0.4, 0.5) is 0 Å². The summed E-state index contributed by atoms with van der Waals surface area (Å²) in [7, 11) is 12.5. The number of carboxylic acid groups (broad SMARTS) is 1. The molecule has 5 heteroatoms. The van der Waals surface area contributed by atoms with Crippen molar-refractivity contribution < 1.29 is 19.7 Å². The van der Waals surface area contributed by atoms with E-state index in [0.717, 1.165) is 0 Å². The number of hydrogen-bond donors (Lipinski definition) is 2. The molecular weight excluding hydrogens is 218 g/mol. The van der Waals surface area contributed by atoms with Gasteiger partial charge in [-0.05, 0) is 12.5 Å². The van der Waals surface area contributed by atoms with Crippen molar-refractivity contribution in [3.05, 3.63) is 17.9 Å². The monoisotopic (exact) mass is 249 g/mol. The first-order valence-electron chi connectivity index (χ1n) is 5.57. The highest BCUT2D eigenvalue weighted by atomic mass is 16.4. The van der Waals surface area contributed by atoms with E-state index in [2.05, 4.69) is 48.9 Å². The van der Waals surface area contributed by atoms with Crippen LogP contribution in [0.1, 0.15) is 13.8 Å². The van der Waals surface area contributed by atoms with Crippen molar-refractivity contribution >= 4 is 5.97 Å². The Balaban J connectivity index is -0.0000000688. The summed E-state index contributed by atoms with van der Waals surface area (Å²) in [6, 6.07) is 0. The lowest BCUT2D eigenvalue weighted by Gasteiger charge is -1.93. The van der Waals surface area contributed by atoms with E-state index in [-0.39, 0.29) is 5.57 Å². The third kappa shape index (κ3) is 271. The number of rotatable bonds is 1. The van der Waals surface area contributed by atoms with E-state index in [1.807, 2.05) is 0 Å². The van der Waals surface area contributed by atoms with Gasteiger partial charge in [0, 0.05) is 0 Å². The fourth-order valence-electron chi connectivity index (χ4n) is 0. The highest BCUT2D eigenvalue weighted by Crippen LogP contribution is 1.77. The van der Waals surface area contributed by atoms with Gasteiger partial charge < -0.3 is 25.4 Å². The van der Waals surface area contributed by atoms with Crippen LogP contribution in [0.2, 0.25) is 0 Å². The van der Waals surface area contributed by atoms with Crippen LogP contribution in [0.5, 0.6) is 0 Å². The van der Waals surface area contributed by atoms with Gasteiger partial charge in [-0.25, -0.2) is 0 Å². The van der Waals surface area contributed by atoms with E-state index in [1.165, 1.54) is 16.7 Å². The molecule has 0 atom stereocenters. The summed E-state index contributed by atoms with van der Waals surface area (Å²) < 4.78 is 0. The minimum Gasteiger partial charge on any atom is -0.678 e. The predicted octanol–water partition coefficient (Wildman–Crippen LogP) is -2.11. The van der Waals surface area contributed by atoms with Crippen molar-refractivity contribution in [1.82, 2.24) is 0 Å². The fourth-order valence-corrected chi connectivity index (χ4v) is 0. The van der Waals surface area contributed by atoms with Crippen LogP contribution in [0.25, 0.3) is 5.73 Å². The minimum absolute atomic E-state index is 0.0648. The number of carbonyl (C=O) groups excluding carboxylic acids is 1. The van der Waals surface area contributed by atoms with Gasteiger partial charge in [-0.1, -0.05) is 13.5 Å². The Kier molecular flexibility index (Phi) is 30.2. The van der Waals surface area contributed by atoms with Crippen LogP contribution in [0, 0.1) is 0 Å². The summed E-state index contributed by atoms with van der Waals surface area (Å²) in [5.41, 5.74) is 6.27. The Labute approximate surface area is 107 Å². The van der Waals surface area contributed by atoms with Crippen LogP contribution in [0.15, 0.2) is 12.2 Å². The zero-order valence-corrected chi connectivity index (χ0v) is 12.7. The smallest absolute Gasteiger partial charge is 0.0666 e. The van der Waals surface area contributed by atoms with Gasteiger partial charge in [-0.15, -0.1) is 0 Å². The van der Waals surface area contributed by atoms with Crippen LogP contribution in [-0.2, 0) is 4.79 Å². The number of carbonyl (C=O) groups is 1. The summed E-state index contributed by atoms with van der Waals surface area (Å²) in [6.45, 7) is 6.77. The normalized spacial score (nSPS) is 7.94. The molecule has 3 N–H and O–H groups in total. The molecule has 17 heavy (non-hydrogen) atoms. The van der Waals surface area contributed by atoms with Crippen molar-refractivity contribution in [2.24, 2.45) is 0 Å². The number of nitrogens with one attached hydrogen (secondary N) is 3. The summed E-state index contributed by atoms with van der Waals surface area (Å²) in [5, 5.41) is 9.49. The molecule has 0 aliphatic carbocycles. The molecule has 0 aromatic rings. The lowest BCUT2D eigenvalue weighted by Crippen LogP contribution is -3.02. The maximum Gasteiger partial charge on any atom is 0.0666 e. The van der Waals surface area contributed by atoms with Crippen molar-refractivity contribution in [3.8, 4) is 0 Å². The fraction of sp³-hybridized carbons (Fsp3) is 0.750. The summed E-state index contributed by atoms with van der Waals surface area (Å²) in [5.74, 6) is -1.19. The van der Waals surface area contributed by atoms with E-state index < -0.39 is 5.97 Å². The maximum absolute atomic E-state index is 9.49. The molecular formula is C12H31N3O2. The number of carboxylic acids is 1. The molecule has 0 saturated heterocycles. The molecule has 0 aliphatic heterocycles. The van der Waals surface area contributed by atoms with Crippen molar-refractivity contribution in [1.29, 1.82) is 0 Å². The van der Waals surface area contributed by atoms with Gasteiger partial charge in [0.15, 0.2) is 0 Å². The molecule has 0 aromatic heterocycles. The molecule has 0 heterocycles. The maximum atomic E-state index is 9.49. The van der Waals surface area contributed by atoms with Gasteiger partial charge in [-0.2, -0.15) is 6.54 Å². The largest absolute Gasteiger partial charge is 0.678 e. The Morgan fingerprint density at radius 3 is 1.18 bits per heavy atom. The number of quaternary nitrogens is 2. The minimum atomic E-state index is -1.19. The predicted molar refractivity (Wildman–Crippen MR) is 72.2 cm³/mol. The van der Waals surface area contributed by atoms with E-state index in [4.69, 9.17) is 5.73 Å². The summed E-state index contributed by atoms with van der Waals surface area (Å²) in [4.78, 5) is 12.3. The van der Waals surface area contributed by atoms with Gasteiger partial charge in [0.2, 0.25) is 0 Å². The van der Waals surface area contributed by atoms with Gasteiger partial charge in [0.25, 0.3) is 0 Å². The lowest BCUT2D eigenvalue weighted by atomic mass is 10.4. The van der Waals surface area contributed by atoms with Crippen molar-refractivity contribution in [2.45, 2.75) is 13.8 Å². The van der Waals surface area contributed by atoms with Crippen LogP contribution in [-0.4, -0.2) is 54.8 Å². The Morgan fingerprint density at radius 1 is 1.12 bits per heavy atom. The van der Waals surface area contributed by atoms with E-state index in [0.29, 0.717) is 6.54 Å². The molecule has 0 amide bonds. The standard InChI is InChI=1S/C4H6O2.2C3H9N.C2H6N/c1-3(2)4(5)6;2*1-4(2)3;1-2-3/h1H2,2H3,(H,5,6);2*1-3H3;3H,2H2,1H3/q;;;-1/p+1. The van der Waals surface area contributed by atoms with Crippen LogP contribution < -0.4 is 14.9 Å². The first kappa shape index (κ1) is 25.1. The first-order valence-corrected chi connectivity index (χ1v) is 5.57. The average molecular weight is 249 g/mol. The second-order valence-corrected chi connectivity index (χ2v) is 4.42. The quantitative estimate of drug-likeness (QED) is 0.522. The zero-order chi connectivity index (χ0) is 15.0. The SMILES string of the molecule is C=C(C)C(=O)[O-].CC[NH-].C[NH+](C)C.C[NH+](C)C. The summed E-state index contributed by atoms with van der Waals surface area (Å²) in [6.07, 6.45) is 0. The van der Waals surface area contributed by atoms with Gasteiger partial charge in [-0.3, -0.25) is 0 Å². The molecule has 0 unspecified atom stereocenters. The molecule has 0 spiro atoms. The highest BCUT2D eigenvalue weighted by molar-refractivity contribution is 5.82. The molecule has 0 aromatic carbocycles. The number of aliphatic carboxylic acids is 1. The molecule has 0 saturated carbocycles. The molecule has 0 aliphatic rings. The van der Waals surface area contributed by atoms with E-state index >= 15 is 0 Å². The van der Waals surface area contributed by atoms with Crippen LogP contribution >= 0.6 is 0 Å². The Bertz CT molecular complexity index is 146. The average Bonchev–Trinajstić information content (AvgIpc) is 2.02. The van der Waals surface area contributed by atoms with Crippen molar-refractivity contribution in [3.63, 3.8) is 0 Å². The van der Waals surface area contributed by atoms with Gasteiger partial charge >= 0.3 is 0 Å². The lowest BCUT2D eigenvalue weighted by molar-refractivity contribution is -0.836. The molecule has 106 valence electrons. The summed E-state index contributed by atoms with van der Waals surface area (Å²) >= 11 is 0. The van der Waals surface area contributed by atoms with E-state index in [1.54, 1.807) is 6.92 Å². The van der Waals surface area contributed by atoms with Crippen molar-refractivity contribution in [2.75, 3.05) is 48.8 Å².